The Morgan fingerprint density at radius 2 is 2.10 bits per heavy atom. The van der Waals surface area contributed by atoms with Crippen molar-refractivity contribution in [3.05, 3.63) is 45.4 Å². The Balaban J connectivity index is 2.50. The Morgan fingerprint density at radius 1 is 1.40 bits per heavy atom. The standard InChI is InChI=1S/C13H16N4O3/c1-8-11(6-12(18)19)9(2)17(13(20)15-8)7-10-4-5-14-16(10)3/h4-5H,6-7H2,1-3H3,(H,18,19). The molecule has 1 N–H and O–H groups in total. The van der Waals surface area contributed by atoms with Crippen LogP contribution in [0.25, 0.3) is 0 Å². The Labute approximate surface area is 115 Å². The van der Waals surface area contributed by atoms with E-state index in [9.17, 15) is 9.59 Å². The van der Waals surface area contributed by atoms with Gasteiger partial charge in [-0.2, -0.15) is 10.1 Å². The summed E-state index contributed by atoms with van der Waals surface area (Å²) in [5.74, 6) is -0.941. The van der Waals surface area contributed by atoms with E-state index in [-0.39, 0.29) is 12.1 Å². The molecule has 0 saturated heterocycles. The molecule has 0 fully saturated rings. The Bertz CT molecular complexity index is 715. The maximum absolute atomic E-state index is 12.0. The van der Waals surface area contributed by atoms with Gasteiger partial charge in [0.05, 0.1) is 18.7 Å². The lowest BCUT2D eigenvalue weighted by molar-refractivity contribution is -0.136. The number of carbonyl (C=O) groups is 1. The van der Waals surface area contributed by atoms with Crippen LogP contribution in [-0.2, 0) is 24.8 Å². The van der Waals surface area contributed by atoms with Crippen LogP contribution in [0.2, 0.25) is 0 Å². The van der Waals surface area contributed by atoms with E-state index in [0.717, 1.165) is 5.69 Å². The molecule has 0 radical (unpaired) electrons. The summed E-state index contributed by atoms with van der Waals surface area (Å²) >= 11 is 0. The Hall–Kier alpha value is -2.44. The summed E-state index contributed by atoms with van der Waals surface area (Å²) < 4.78 is 3.14. The molecule has 0 aliphatic heterocycles. The number of rotatable bonds is 4. The van der Waals surface area contributed by atoms with Crippen molar-refractivity contribution in [3.63, 3.8) is 0 Å². The zero-order valence-electron chi connectivity index (χ0n) is 11.6. The van der Waals surface area contributed by atoms with Crippen LogP contribution in [0.1, 0.15) is 22.6 Å². The van der Waals surface area contributed by atoms with E-state index >= 15 is 0 Å². The highest BCUT2D eigenvalue weighted by molar-refractivity contribution is 5.70. The summed E-state index contributed by atoms with van der Waals surface area (Å²) in [6, 6.07) is 1.81. The number of aromatic nitrogens is 4. The second-order valence-electron chi connectivity index (χ2n) is 4.65. The SMILES string of the molecule is Cc1nc(=O)n(Cc2ccnn2C)c(C)c1CC(=O)O. The van der Waals surface area contributed by atoms with Gasteiger partial charge in [0, 0.05) is 30.2 Å². The molecule has 0 saturated carbocycles. The molecule has 2 aromatic heterocycles. The normalized spacial score (nSPS) is 10.8. The van der Waals surface area contributed by atoms with Crippen molar-refractivity contribution in [1.82, 2.24) is 19.3 Å². The molecule has 0 unspecified atom stereocenters. The monoisotopic (exact) mass is 276 g/mol. The molecular formula is C13H16N4O3. The molecule has 20 heavy (non-hydrogen) atoms. The highest BCUT2D eigenvalue weighted by Gasteiger charge is 2.15. The van der Waals surface area contributed by atoms with Gasteiger partial charge in [0.1, 0.15) is 0 Å². The van der Waals surface area contributed by atoms with Gasteiger partial charge in [-0.05, 0) is 19.9 Å². The van der Waals surface area contributed by atoms with Crippen molar-refractivity contribution in [1.29, 1.82) is 0 Å². The highest BCUT2D eigenvalue weighted by Crippen LogP contribution is 2.11. The van der Waals surface area contributed by atoms with Crippen LogP contribution in [0.3, 0.4) is 0 Å². The third-order valence-corrected chi connectivity index (χ3v) is 3.34. The van der Waals surface area contributed by atoms with E-state index in [0.29, 0.717) is 23.5 Å². The van der Waals surface area contributed by atoms with Crippen LogP contribution in [0.5, 0.6) is 0 Å². The maximum atomic E-state index is 12.0. The van der Waals surface area contributed by atoms with E-state index in [1.54, 1.807) is 31.8 Å². The van der Waals surface area contributed by atoms with Gasteiger partial charge in [0.2, 0.25) is 0 Å². The van der Waals surface area contributed by atoms with Crippen molar-refractivity contribution in [2.45, 2.75) is 26.8 Å². The molecular weight excluding hydrogens is 260 g/mol. The van der Waals surface area contributed by atoms with E-state index in [1.165, 1.54) is 4.57 Å². The summed E-state index contributed by atoms with van der Waals surface area (Å²) in [6.45, 7) is 3.72. The third kappa shape index (κ3) is 2.61. The Morgan fingerprint density at radius 3 is 2.65 bits per heavy atom. The number of aliphatic carboxylic acids is 1. The largest absolute Gasteiger partial charge is 0.481 e. The van der Waals surface area contributed by atoms with Gasteiger partial charge in [-0.15, -0.1) is 0 Å². The first-order valence-electron chi connectivity index (χ1n) is 6.15. The highest BCUT2D eigenvalue weighted by atomic mass is 16.4. The summed E-state index contributed by atoms with van der Waals surface area (Å²) in [5, 5.41) is 13.0. The Kier molecular flexibility index (Phi) is 3.69. The fraction of sp³-hybridized carbons (Fsp3) is 0.385. The van der Waals surface area contributed by atoms with Crippen molar-refractivity contribution >= 4 is 5.97 Å². The number of carboxylic acid groups (broad SMARTS) is 1. The minimum absolute atomic E-state index is 0.143. The molecule has 0 spiro atoms. The minimum Gasteiger partial charge on any atom is -0.481 e. The van der Waals surface area contributed by atoms with Crippen LogP contribution in [0.4, 0.5) is 0 Å². The van der Waals surface area contributed by atoms with Crippen LogP contribution < -0.4 is 5.69 Å². The molecule has 0 amide bonds. The van der Waals surface area contributed by atoms with Crippen molar-refractivity contribution in [2.75, 3.05) is 0 Å². The van der Waals surface area contributed by atoms with Gasteiger partial charge in [0.25, 0.3) is 0 Å². The number of hydrogen-bond acceptors (Lipinski definition) is 4. The molecule has 0 aromatic carbocycles. The smallest absolute Gasteiger partial charge is 0.348 e. The van der Waals surface area contributed by atoms with Crippen molar-refractivity contribution in [2.24, 2.45) is 7.05 Å². The maximum Gasteiger partial charge on any atom is 0.348 e. The minimum atomic E-state index is -0.941. The number of carboxylic acids is 1. The van der Waals surface area contributed by atoms with Crippen LogP contribution >= 0.6 is 0 Å². The van der Waals surface area contributed by atoms with E-state index in [4.69, 9.17) is 5.11 Å². The summed E-state index contributed by atoms with van der Waals surface area (Å²) in [7, 11) is 1.79. The zero-order chi connectivity index (χ0) is 14.9. The van der Waals surface area contributed by atoms with Gasteiger partial charge in [-0.3, -0.25) is 14.0 Å². The van der Waals surface area contributed by atoms with E-state index in [1.807, 2.05) is 6.07 Å². The van der Waals surface area contributed by atoms with Gasteiger partial charge >= 0.3 is 11.7 Å². The number of nitrogens with zero attached hydrogens (tertiary/aromatic N) is 4. The lowest BCUT2D eigenvalue weighted by atomic mass is 10.1. The van der Waals surface area contributed by atoms with Gasteiger partial charge < -0.3 is 5.11 Å². The van der Waals surface area contributed by atoms with Crippen molar-refractivity contribution < 1.29 is 9.90 Å². The first-order chi connectivity index (χ1) is 9.40. The fourth-order valence-corrected chi connectivity index (χ4v) is 2.15. The molecule has 0 aliphatic carbocycles. The second kappa shape index (κ2) is 5.28. The van der Waals surface area contributed by atoms with Gasteiger partial charge in [-0.1, -0.05) is 0 Å². The molecule has 2 heterocycles. The average molecular weight is 276 g/mol. The fourth-order valence-electron chi connectivity index (χ4n) is 2.15. The van der Waals surface area contributed by atoms with Crippen LogP contribution in [-0.4, -0.2) is 30.4 Å². The van der Waals surface area contributed by atoms with E-state index in [2.05, 4.69) is 10.1 Å². The van der Waals surface area contributed by atoms with Gasteiger partial charge in [-0.25, -0.2) is 4.79 Å². The molecule has 2 rings (SSSR count). The number of hydrogen-bond donors (Lipinski definition) is 1. The van der Waals surface area contributed by atoms with Crippen LogP contribution in [0.15, 0.2) is 17.1 Å². The summed E-state index contributed by atoms with van der Waals surface area (Å²) in [5.41, 5.74) is 2.15. The molecule has 106 valence electrons. The van der Waals surface area contributed by atoms with Gasteiger partial charge in [0.15, 0.2) is 0 Å². The predicted octanol–water partition coefficient (Wildman–Crippen LogP) is 0.269. The molecule has 7 nitrogen and oxygen atoms in total. The average Bonchev–Trinajstić information content (AvgIpc) is 2.75. The molecule has 2 aromatic rings. The number of aryl methyl sites for hydroxylation is 2. The zero-order valence-corrected chi connectivity index (χ0v) is 11.6. The predicted molar refractivity (Wildman–Crippen MR) is 71.6 cm³/mol. The summed E-state index contributed by atoms with van der Waals surface area (Å²) in [6.07, 6.45) is 1.51. The lowest BCUT2D eigenvalue weighted by Crippen LogP contribution is -2.29. The van der Waals surface area contributed by atoms with E-state index < -0.39 is 5.97 Å². The van der Waals surface area contributed by atoms with Crippen LogP contribution in [0, 0.1) is 13.8 Å². The summed E-state index contributed by atoms with van der Waals surface area (Å²) in [4.78, 5) is 26.8. The molecule has 0 aliphatic rings. The molecule has 0 bridgehead atoms. The first-order valence-corrected chi connectivity index (χ1v) is 6.15. The third-order valence-electron chi connectivity index (χ3n) is 3.34. The molecule has 0 atom stereocenters. The lowest BCUT2D eigenvalue weighted by Gasteiger charge is -2.14. The second-order valence-corrected chi connectivity index (χ2v) is 4.65. The van der Waals surface area contributed by atoms with Crippen molar-refractivity contribution in [3.8, 4) is 0 Å². The topological polar surface area (TPSA) is 90.0 Å². The molecule has 7 heteroatoms. The first kappa shape index (κ1) is 14.0. The quantitative estimate of drug-likeness (QED) is 0.865.